The molecule has 0 aliphatic heterocycles. The summed E-state index contributed by atoms with van der Waals surface area (Å²) in [6, 6.07) is 5.10. The van der Waals surface area contributed by atoms with Crippen molar-refractivity contribution < 1.29 is 9.50 Å². The highest BCUT2D eigenvalue weighted by molar-refractivity contribution is 7.98. The van der Waals surface area contributed by atoms with Crippen molar-refractivity contribution in [3.05, 3.63) is 29.6 Å². The van der Waals surface area contributed by atoms with Gasteiger partial charge < -0.3 is 5.11 Å². The molecule has 1 unspecified atom stereocenters. The molecule has 1 nitrogen and oxygen atoms in total. The van der Waals surface area contributed by atoms with Crippen LogP contribution >= 0.6 is 11.8 Å². The van der Waals surface area contributed by atoms with Gasteiger partial charge in [0.25, 0.3) is 0 Å². The summed E-state index contributed by atoms with van der Waals surface area (Å²) in [6.45, 7) is 1.65. The minimum absolute atomic E-state index is 0.229. The number of hydrogen-bond acceptors (Lipinski definition) is 2. The van der Waals surface area contributed by atoms with Crippen molar-refractivity contribution in [1.29, 1.82) is 0 Å². The zero-order valence-corrected chi connectivity index (χ0v) is 8.57. The fourth-order valence-corrected chi connectivity index (χ4v) is 1.56. The summed E-state index contributed by atoms with van der Waals surface area (Å²) in [5, 5.41) is 9.08. The molecule has 0 spiro atoms. The van der Waals surface area contributed by atoms with Crippen LogP contribution in [0.15, 0.2) is 23.1 Å². The molecule has 1 rings (SSSR count). The molecule has 1 aromatic rings. The first-order valence-electron chi connectivity index (χ1n) is 4.14. The molecular formula is C10H13FOS. The van der Waals surface area contributed by atoms with Crippen molar-refractivity contribution in [2.75, 3.05) is 6.26 Å². The Morgan fingerprint density at radius 2 is 2.23 bits per heavy atom. The zero-order valence-electron chi connectivity index (χ0n) is 7.75. The number of benzene rings is 1. The van der Waals surface area contributed by atoms with Crippen LogP contribution in [0.4, 0.5) is 4.39 Å². The first-order chi connectivity index (χ1) is 6.13. The lowest BCUT2D eigenvalue weighted by molar-refractivity contribution is 0.194. The maximum absolute atomic E-state index is 13.3. The van der Waals surface area contributed by atoms with Crippen molar-refractivity contribution in [2.24, 2.45) is 0 Å². The van der Waals surface area contributed by atoms with Crippen LogP contribution in [0.25, 0.3) is 0 Å². The van der Waals surface area contributed by atoms with E-state index < -0.39 is 6.10 Å². The fraction of sp³-hybridized carbons (Fsp3) is 0.400. The molecule has 0 amide bonds. The second-order valence-electron chi connectivity index (χ2n) is 3.01. The SMILES string of the molecule is CSc1ccc(CC(C)O)c(F)c1. The summed E-state index contributed by atoms with van der Waals surface area (Å²) < 4.78 is 13.3. The van der Waals surface area contributed by atoms with Gasteiger partial charge in [0.1, 0.15) is 5.82 Å². The van der Waals surface area contributed by atoms with Gasteiger partial charge in [-0.25, -0.2) is 4.39 Å². The van der Waals surface area contributed by atoms with Gasteiger partial charge in [-0.05, 0) is 30.9 Å². The molecule has 0 aliphatic carbocycles. The van der Waals surface area contributed by atoms with Crippen LogP contribution in [0.5, 0.6) is 0 Å². The second-order valence-corrected chi connectivity index (χ2v) is 3.89. The van der Waals surface area contributed by atoms with Gasteiger partial charge in [-0.2, -0.15) is 0 Å². The molecule has 3 heteroatoms. The maximum Gasteiger partial charge on any atom is 0.127 e. The van der Waals surface area contributed by atoms with Gasteiger partial charge in [-0.1, -0.05) is 6.07 Å². The molecule has 1 aromatic carbocycles. The van der Waals surface area contributed by atoms with E-state index in [-0.39, 0.29) is 5.82 Å². The average Bonchev–Trinajstić information content (AvgIpc) is 2.08. The largest absolute Gasteiger partial charge is 0.393 e. The number of hydrogen-bond donors (Lipinski definition) is 1. The monoisotopic (exact) mass is 200 g/mol. The minimum atomic E-state index is -0.491. The summed E-state index contributed by atoms with van der Waals surface area (Å²) in [7, 11) is 0. The number of rotatable bonds is 3. The lowest BCUT2D eigenvalue weighted by Crippen LogP contribution is -2.05. The minimum Gasteiger partial charge on any atom is -0.393 e. The van der Waals surface area contributed by atoms with Gasteiger partial charge in [0.05, 0.1) is 6.10 Å². The molecule has 0 radical (unpaired) electrons. The molecule has 72 valence electrons. The van der Waals surface area contributed by atoms with Gasteiger partial charge in [0, 0.05) is 11.3 Å². The molecule has 0 bridgehead atoms. The fourth-order valence-electron chi connectivity index (χ4n) is 1.14. The summed E-state index contributed by atoms with van der Waals surface area (Å²) in [6.07, 6.45) is 1.79. The number of thioether (sulfide) groups is 1. The van der Waals surface area contributed by atoms with Gasteiger partial charge in [-0.3, -0.25) is 0 Å². The Labute approximate surface area is 82.0 Å². The quantitative estimate of drug-likeness (QED) is 0.756. The summed E-state index contributed by atoms with van der Waals surface area (Å²) >= 11 is 1.51. The molecule has 1 atom stereocenters. The first kappa shape index (κ1) is 10.5. The standard InChI is InChI=1S/C10H13FOS/c1-7(12)5-8-3-4-9(13-2)6-10(8)11/h3-4,6-7,12H,5H2,1-2H3. The van der Waals surface area contributed by atoms with Crippen LogP contribution < -0.4 is 0 Å². The molecule has 13 heavy (non-hydrogen) atoms. The molecule has 1 N–H and O–H groups in total. The third-order valence-corrected chi connectivity index (χ3v) is 2.50. The Bertz CT molecular complexity index is 286. The summed E-state index contributed by atoms with van der Waals surface area (Å²) in [4.78, 5) is 0.909. The Balaban J connectivity index is 2.85. The lowest BCUT2D eigenvalue weighted by Gasteiger charge is -2.06. The predicted octanol–water partition coefficient (Wildman–Crippen LogP) is 2.47. The molecule has 0 saturated carbocycles. The van der Waals surface area contributed by atoms with Gasteiger partial charge in [0.2, 0.25) is 0 Å². The summed E-state index contributed by atoms with van der Waals surface area (Å²) in [5.74, 6) is -0.229. The van der Waals surface area contributed by atoms with E-state index in [1.165, 1.54) is 17.8 Å². The first-order valence-corrected chi connectivity index (χ1v) is 5.36. The van der Waals surface area contributed by atoms with Crippen LogP contribution in [0.3, 0.4) is 0 Å². The van der Waals surface area contributed by atoms with Crippen molar-refractivity contribution in [2.45, 2.75) is 24.3 Å². The van der Waals surface area contributed by atoms with Crippen LogP contribution in [0.2, 0.25) is 0 Å². The second kappa shape index (κ2) is 4.63. The topological polar surface area (TPSA) is 20.2 Å². The maximum atomic E-state index is 13.3. The lowest BCUT2D eigenvalue weighted by atomic mass is 10.1. The molecule has 0 saturated heterocycles. The van der Waals surface area contributed by atoms with E-state index in [2.05, 4.69) is 0 Å². The molecule has 0 aliphatic rings. The highest BCUT2D eigenvalue weighted by Crippen LogP contribution is 2.19. The van der Waals surface area contributed by atoms with E-state index in [1.807, 2.05) is 12.3 Å². The molecule has 0 aromatic heterocycles. The van der Waals surface area contributed by atoms with Crippen LogP contribution in [-0.4, -0.2) is 17.5 Å². The third-order valence-electron chi connectivity index (χ3n) is 1.78. The van der Waals surface area contributed by atoms with Crippen LogP contribution in [-0.2, 0) is 6.42 Å². The van der Waals surface area contributed by atoms with E-state index >= 15 is 0 Å². The van der Waals surface area contributed by atoms with E-state index in [0.717, 1.165) is 4.90 Å². The number of aliphatic hydroxyl groups is 1. The number of halogens is 1. The van der Waals surface area contributed by atoms with E-state index in [0.29, 0.717) is 12.0 Å². The third kappa shape index (κ3) is 3.01. The van der Waals surface area contributed by atoms with Gasteiger partial charge in [-0.15, -0.1) is 11.8 Å². The Kier molecular flexibility index (Phi) is 3.75. The van der Waals surface area contributed by atoms with E-state index in [1.54, 1.807) is 13.0 Å². The van der Waals surface area contributed by atoms with E-state index in [9.17, 15) is 4.39 Å². The van der Waals surface area contributed by atoms with Crippen molar-refractivity contribution in [3.63, 3.8) is 0 Å². The van der Waals surface area contributed by atoms with Crippen LogP contribution in [0, 0.1) is 5.82 Å². The van der Waals surface area contributed by atoms with Crippen LogP contribution in [0.1, 0.15) is 12.5 Å². The Hall–Kier alpha value is -0.540. The zero-order chi connectivity index (χ0) is 9.84. The average molecular weight is 200 g/mol. The Morgan fingerprint density at radius 1 is 1.54 bits per heavy atom. The van der Waals surface area contributed by atoms with Crippen molar-refractivity contribution in [3.8, 4) is 0 Å². The molecular weight excluding hydrogens is 187 g/mol. The number of aliphatic hydroxyl groups excluding tert-OH is 1. The van der Waals surface area contributed by atoms with Crippen molar-refractivity contribution >= 4 is 11.8 Å². The van der Waals surface area contributed by atoms with E-state index in [4.69, 9.17) is 5.11 Å². The van der Waals surface area contributed by atoms with Gasteiger partial charge >= 0.3 is 0 Å². The molecule has 0 fully saturated rings. The Morgan fingerprint density at radius 3 is 2.69 bits per heavy atom. The smallest absolute Gasteiger partial charge is 0.127 e. The normalized spacial score (nSPS) is 12.9. The summed E-state index contributed by atoms with van der Waals surface area (Å²) in [5.41, 5.74) is 0.577. The molecule has 0 heterocycles. The highest BCUT2D eigenvalue weighted by atomic mass is 32.2. The highest BCUT2D eigenvalue weighted by Gasteiger charge is 2.05. The van der Waals surface area contributed by atoms with Crippen molar-refractivity contribution in [1.82, 2.24) is 0 Å². The van der Waals surface area contributed by atoms with Gasteiger partial charge in [0.15, 0.2) is 0 Å². The predicted molar refractivity (Wildman–Crippen MR) is 53.6 cm³/mol.